The van der Waals surface area contributed by atoms with E-state index in [-0.39, 0.29) is 5.91 Å². The summed E-state index contributed by atoms with van der Waals surface area (Å²) in [7, 11) is 1.62. The number of ether oxygens (including phenoxy) is 1. The highest BCUT2D eigenvalue weighted by atomic mass is 79.9. The molecule has 0 N–H and O–H groups in total. The van der Waals surface area contributed by atoms with Gasteiger partial charge in [0.1, 0.15) is 11.6 Å². The van der Waals surface area contributed by atoms with Crippen LogP contribution in [0.15, 0.2) is 46.9 Å². The molecule has 146 valence electrons. The Morgan fingerprint density at radius 3 is 2.71 bits per heavy atom. The Morgan fingerprint density at radius 2 is 1.96 bits per heavy atom. The molecule has 1 fully saturated rings. The SMILES string of the molecule is COc1ccc(Br)c(C(=O)N2CCC(Cn3c(C)nc4ccccc43)CC2)c1. The molecular weight excluding hydrogens is 418 g/mol. The van der Waals surface area contributed by atoms with Gasteiger partial charge in [0, 0.05) is 24.1 Å². The fourth-order valence-electron chi connectivity index (χ4n) is 3.97. The molecule has 0 saturated carbocycles. The summed E-state index contributed by atoms with van der Waals surface area (Å²) in [5, 5.41) is 0. The molecule has 2 heterocycles. The highest BCUT2D eigenvalue weighted by molar-refractivity contribution is 9.10. The van der Waals surface area contributed by atoms with E-state index in [0.29, 0.717) is 17.2 Å². The van der Waals surface area contributed by atoms with Gasteiger partial charge in [-0.1, -0.05) is 12.1 Å². The lowest BCUT2D eigenvalue weighted by atomic mass is 9.96. The molecule has 6 heteroatoms. The minimum Gasteiger partial charge on any atom is -0.497 e. The minimum atomic E-state index is 0.0634. The number of hydrogen-bond donors (Lipinski definition) is 0. The number of amides is 1. The fraction of sp³-hybridized carbons (Fsp3) is 0.364. The number of hydrogen-bond acceptors (Lipinski definition) is 3. The van der Waals surface area contributed by atoms with Crippen molar-refractivity contribution in [1.82, 2.24) is 14.5 Å². The molecule has 2 aromatic carbocycles. The van der Waals surface area contributed by atoms with Gasteiger partial charge in [-0.05, 0) is 71.9 Å². The summed E-state index contributed by atoms with van der Waals surface area (Å²) >= 11 is 3.50. The average Bonchev–Trinajstić information content (AvgIpc) is 3.04. The standard InChI is InChI=1S/C22H24BrN3O2/c1-15-24-20-5-3-4-6-21(20)26(15)14-16-9-11-25(12-10-16)22(27)18-13-17(28-2)7-8-19(18)23/h3-8,13,16H,9-12,14H2,1-2H3. The number of piperidine rings is 1. The molecule has 5 nitrogen and oxygen atoms in total. The van der Waals surface area contributed by atoms with Crippen LogP contribution in [0, 0.1) is 12.8 Å². The number of halogens is 1. The van der Waals surface area contributed by atoms with Crippen LogP contribution in [0.2, 0.25) is 0 Å². The van der Waals surface area contributed by atoms with Crippen LogP contribution in [0.5, 0.6) is 5.75 Å². The number of imidazole rings is 1. The van der Waals surface area contributed by atoms with Crippen LogP contribution < -0.4 is 4.74 Å². The molecule has 1 aliphatic heterocycles. The maximum Gasteiger partial charge on any atom is 0.255 e. The van der Waals surface area contributed by atoms with E-state index in [9.17, 15) is 4.79 Å². The molecule has 28 heavy (non-hydrogen) atoms. The quantitative estimate of drug-likeness (QED) is 0.590. The lowest BCUT2D eigenvalue weighted by molar-refractivity contribution is 0.0681. The minimum absolute atomic E-state index is 0.0634. The van der Waals surface area contributed by atoms with Gasteiger partial charge in [-0.25, -0.2) is 4.98 Å². The molecule has 1 amide bonds. The molecule has 0 aliphatic carbocycles. The van der Waals surface area contributed by atoms with Crippen molar-refractivity contribution in [1.29, 1.82) is 0 Å². The molecule has 1 saturated heterocycles. The first kappa shape index (κ1) is 19.0. The van der Waals surface area contributed by atoms with Crippen molar-refractivity contribution in [3.63, 3.8) is 0 Å². The number of rotatable bonds is 4. The van der Waals surface area contributed by atoms with Crippen molar-refractivity contribution in [3.8, 4) is 5.75 Å². The molecule has 4 rings (SSSR count). The highest BCUT2D eigenvalue weighted by Gasteiger charge is 2.26. The van der Waals surface area contributed by atoms with Gasteiger partial charge in [0.15, 0.2) is 0 Å². The van der Waals surface area contributed by atoms with E-state index < -0.39 is 0 Å². The summed E-state index contributed by atoms with van der Waals surface area (Å²) in [5.41, 5.74) is 2.91. The molecule has 0 unspecified atom stereocenters. The summed E-state index contributed by atoms with van der Waals surface area (Å²) < 4.78 is 8.39. The summed E-state index contributed by atoms with van der Waals surface area (Å²) in [6, 6.07) is 13.8. The lowest BCUT2D eigenvalue weighted by Crippen LogP contribution is -2.39. The van der Waals surface area contributed by atoms with Crippen molar-refractivity contribution >= 4 is 32.9 Å². The number of fused-ring (bicyclic) bond motifs is 1. The number of methoxy groups -OCH3 is 1. The first-order valence-corrected chi connectivity index (χ1v) is 10.4. The third-order valence-corrected chi connectivity index (χ3v) is 6.28. The van der Waals surface area contributed by atoms with Gasteiger partial charge in [-0.2, -0.15) is 0 Å². The summed E-state index contributed by atoms with van der Waals surface area (Å²) in [5.74, 6) is 2.37. The number of para-hydroxylation sites is 2. The van der Waals surface area contributed by atoms with E-state index >= 15 is 0 Å². The van der Waals surface area contributed by atoms with Crippen LogP contribution in [0.4, 0.5) is 0 Å². The molecule has 3 aromatic rings. The van der Waals surface area contributed by atoms with Crippen LogP contribution in [-0.4, -0.2) is 40.6 Å². The number of likely N-dealkylation sites (tertiary alicyclic amines) is 1. The van der Waals surface area contributed by atoms with Gasteiger partial charge in [0.25, 0.3) is 5.91 Å². The molecule has 0 spiro atoms. The van der Waals surface area contributed by atoms with Crippen molar-refractivity contribution in [2.24, 2.45) is 5.92 Å². The second-order valence-electron chi connectivity index (χ2n) is 7.34. The van der Waals surface area contributed by atoms with Crippen LogP contribution in [0.25, 0.3) is 11.0 Å². The monoisotopic (exact) mass is 441 g/mol. The number of aromatic nitrogens is 2. The second-order valence-corrected chi connectivity index (χ2v) is 8.19. The van der Waals surface area contributed by atoms with Crippen molar-refractivity contribution in [2.75, 3.05) is 20.2 Å². The maximum atomic E-state index is 13.0. The summed E-state index contributed by atoms with van der Waals surface area (Å²) in [6.07, 6.45) is 2.00. The topological polar surface area (TPSA) is 47.4 Å². The number of benzene rings is 2. The third kappa shape index (κ3) is 3.65. The molecular formula is C22H24BrN3O2. The smallest absolute Gasteiger partial charge is 0.255 e. The maximum absolute atomic E-state index is 13.0. The first-order valence-electron chi connectivity index (χ1n) is 9.61. The Bertz CT molecular complexity index is 1010. The molecule has 0 radical (unpaired) electrons. The predicted octanol–water partition coefficient (Wildman–Crippen LogP) is 4.67. The van der Waals surface area contributed by atoms with Gasteiger partial charge in [-0.15, -0.1) is 0 Å². The Hall–Kier alpha value is -2.34. The van der Waals surface area contributed by atoms with E-state index in [4.69, 9.17) is 4.74 Å². The van der Waals surface area contributed by atoms with Gasteiger partial charge in [0.05, 0.1) is 23.7 Å². The molecule has 1 aliphatic rings. The number of aryl methyl sites for hydroxylation is 1. The summed E-state index contributed by atoms with van der Waals surface area (Å²) in [6.45, 7) is 4.58. The van der Waals surface area contributed by atoms with Crippen LogP contribution in [0.3, 0.4) is 0 Å². The zero-order chi connectivity index (χ0) is 19.7. The van der Waals surface area contributed by atoms with Gasteiger partial charge in [0.2, 0.25) is 0 Å². The van der Waals surface area contributed by atoms with E-state index in [0.717, 1.165) is 48.3 Å². The highest BCUT2D eigenvalue weighted by Crippen LogP contribution is 2.27. The largest absolute Gasteiger partial charge is 0.497 e. The summed E-state index contributed by atoms with van der Waals surface area (Å²) in [4.78, 5) is 19.6. The van der Waals surface area contributed by atoms with Crippen molar-refractivity contribution < 1.29 is 9.53 Å². The number of nitrogens with zero attached hydrogens (tertiary/aromatic N) is 3. The van der Waals surface area contributed by atoms with Crippen LogP contribution in [-0.2, 0) is 6.54 Å². The number of carbonyl (C=O) groups is 1. The van der Waals surface area contributed by atoms with E-state index in [1.54, 1.807) is 13.2 Å². The molecule has 0 atom stereocenters. The van der Waals surface area contributed by atoms with E-state index in [1.165, 1.54) is 5.52 Å². The Labute approximate surface area is 173 Å². The fourth-order valence-corrected chi connectivity index (χ4v) is 4.39. The zero-order valence-corrected chi connectivity index (χ0v) is 17.8. The molecule has 1 aromatic heterocycles. The lowest BCUT2D eigenvalue weighted by Gasteiger charge is -2.32. The van der Waals surface area contributed by atoms with Gasteiger partial charge >= 0.3 is 0 Å². The predicted molar refractivity (Wildman–Crippen MR) is 114 cm³/mol. The second kappa shape index (κ2) is 7.95. The van der Waals surface area contributed by atoms with Crippen LogP contribution >= 0.6 is 15.9 Å². The Balaban J connectivity index is 1.43. The normalized spacial score (nSPS) is 15.2. The van der Waals surface area contributed by atoms with Crippen LogP contribution in [0.1, 0.15) is 29.0 Å². The Kier molecular flexibility index (Phi) is 5.40. The van der Waals surface area contributed by atoms with Crippen molar-refractivity contribution in [2.45, 2.75) is 26.3 Å². The molecule has 0 bridgehead atoms. The third-order valence-electron chi connectivity index (χ3n) is 5.59. The van der Waals surface area contributed by atoms with Crippen molar-refractivity contribution in [3.05, 3.63) is 58.3 Å². The average molecular weight is 442 g/mol. The number of carbonyl (C=O) groups excluding carboxylic acids is 1. The van der Waals surface area contributed by atoms with E-state index in [1.807, 2.05) is 23.1 Å². The zero-order valence-electron chi connectivity index (χ0n) is 16.2. The van der Waals surface area contributed by atoms with Gasteiger partial charge in [-0.3, -0.25) is 4.79 Å². The van der Waals surface area contributed by atoms with Gasteiger partial charge < -0.3 is 14.2 Å². The first-order chi connectivity index (χ1) is 13.6. The van der Waals surface area contributed by atoms with E-state index in [2.05, 4.69) is 50.6 Å². The Morgan fingerprint density at radius 1 is 1.21 bits per heavy atom.